The summed E-state index contributed by atoms with van der Waals surface area (Å²) in [6.07, 6.45) is 5.32. The molecule has 1 aliphatic heterocycles. The Morgan fingerprint density at radius 2 is 2.27 bits per heavy atom. The van der Waals surface area contributed by atoms with Gasteiger partial charge in [0, 0.05) is 11.9 Å². The number of rotatable bonds is 3. The van der Waals surface area contributed by atoms with Crippen LogP contribution in [0.2, 0.25) is 0 Å². The van der Waals surface area contributed by atoms with Gasteiger partial charge in [-0.2, -0.15) is 0 Å². The van der Waals surface area contributed by atoms with Crippen LogP contribution in [0.5, 0.6) is 0 Å². The predicted octanol–water partition coefficient (Wildman–Crippen LogP) is 2.49. The molecule has 0 amide bonds. The van der Waals surface area contributed by atoms with Crippen LogP contribution in [0.25, 0.3) is 0 Å². The molecular formula is C9H18ClN. The standard InChI is InChI=1S/C9H18ClN/c1-2-11-8-4-3-5-9(11)6-7-10/h9H,2-8H2,1H3. The van der Waals surface area contributed by atoms with Gasteiger partial charge in [0.15, 0.2) is 0 Å². The molecule has 0 radical (unpaired) electrons. The van der Waals surface area contributed by atoms with Crippen molar-refractivity contribution in [2.75, 3.05) is 19.0 Å². The molecule has 0 aliphatic carbocycles. The third kappa shape index (κ3) is 2.64. The molecule has 2 heteroatoms. The number of hydrogen-bond acceptors (Lipinski definition) is 1. The Bertz CT molecular complexity index is 104. The molecule has 1 fully saturated rings. The number of hydrogen-bond donors (Lipinski definition) is 0. The molecule has 0 N–H and O–H groups in total. The van der Waals surface area contributed by atoms with Gasteiger partial charge in [-0.15, -0.1) is 11.6 Å². The summed E-state index contributed by atoms with van der Waals surface area (Å²) in [6.45, 7) is 4.73. The third-order valence-corrected chi connectivity index (χ3v) is 2.82. The van der Waals surface area contributed by atoms with Crippen LogP contribution in [-0.2, 0) is 0 Å². The minimum absolute atomic E-state index is 0.784. The van der Waals surface area contributed by atoms with E-state index < -0.39 is 0 Å². The highest BCUT2D eigenvalue weighted by Gasteiger charge is 2.19. The molecule has 11 heavy (non-hydrogen) atoms. The summed E-state index contributed by atoms with van der Waals surface area (Å²) >= 11 is 5.73. The van der Waals surface area contributed by atoms with Crippen molar-refractivity contribution in [3.63, 3.8) is 0 Å². The zero-order chi connectivity index (χ0) is 8.10. The van der Waals surface area contributed by atoms with Crippen LogP contribution in [0.15, 0.2) is 0 Å². The molecule has 1 heterocycles. The molecule has 0 spiro atoms. The molecule has 1 unspecified atom stereocenters. The third-order valence-electron chi connectivity index (χ3n) is 2.60. The van der Waals surface area contributed by atoms with Gasteiger partial charge in [0.25, 0.3) is 0 Å². The van der Waals surface area contributed by atoms with Crippen molar-refractivity contribution >= 4 is 11.6 Å². The van der Waals surface area contributed by atoms with Crippen LogP contribution in [0, 0.1) is 0 Å². The summed E-state index contributed by atoms with van der Waals surface area (Å²) in [5.41, 5.74) is 0. The average Bonchev–Trinajstić information content (AvgIpc) is 2.06. The molecule has 1 nitrogen and oxygen atoms in total. The first kappa shape index (κ1) is 9.34. The van der Waals surface area contributed by atoms with Crippen molar-refractivity contribution in [2.24, 2.45) is 0 Å². The van der Waals surface area contributed by atoms with Gasteiger partial charge in [0.2, 0.25) is 0 Å². The largest absolute Gasteiger partial charge is 0.301 e. The van der Waals surface area contributed by atoms with E-state index in [4.69, 9.17) is 11.6 Å². The smallest absolute Gasteiger partial charge is 0.0238 e. The Hall–Kier alpha value is 0.250. The molecule has 0 aromatic carbocycles. The van der Waals surface area contributed by atoms with Crippen molar-refractivity contribution in [1.82, 2.24) is 4.90 Å². The van der Waals surface area contributed by atoms with E-state index in [0.717, 1.165) is 11.9 Å². The number of piperidine rings is 1. The first-order chi connectivity index (χ1) is 5.38. The van der Waals surface area contributed by atoms with Crippen LogP contribution in [0.4, 0.5) is 0 Å². The summed E-state index contributed by atoms with van der Waals surface area (Å²) in [5, 5.41) is 0. The van der Waals surface area contributed by atoms with Crippen LogP contribution >= 0.6 is 11.6 Å². The molecule has 1 rings (SSSR count). The fourth-order valence-corrected chi connectivity index (χ4v) is 2.18. The monoisotopic (exact) mass is 175 g/mol. The number of halogens is 1. The molecular weight excluding hydrogens is 158 g/mol. The molecule has 1 aliphatic rings. The van der Waals surface area contributed by atoms with E-state index in [1.54, 1.807) is 0 Å². The van der Waals surface area contributed by atoms with Gasteiger partial charge in [0.05, 0.1) is 0 Å². The highest BCUT2D eigenvalue weighted by molar-refractivity contribution is 6.17. The van der Waals surface area contributed by atoms with Gasteiger partial charge in [-0.3, -0.25) is 0 Å². The van der Waals surface area contributed by atoms with Crippen LogP contribution in [-0.4, -0.2) is 29.9 Å². The zero-order valence-corrected chi connectivity index (χ0v) is 8.11. The van der Waals surface area contributed by atoms with Crippen molar-refractivity contribution in [3.8, 4) is 0 Å². The van der Waals surface area contributed by atoms with E-state index in [9.17, 15) is 0 Å². The Labute approximate surface area is 74.7 Å². The lowest BCUT2D eigenvalue weighted by Gasteiger charge is -2.34. The van der Waals surface area contributed by atoms with Gasteiger partial charge < -0.3 is 4.90 Å². The van der Waals surface area contributed by atoms with E-state index in [1.807, 2.05) is 0 Å². The van der Waals surface area contributed by atoms with Crippen LogP contribution in [0.3, 0.4) is 0 Å². The first-order valence-electron chi connectivity index (χ1n) is 4.68. The summed E-state index contributed by atoms with van der Waals surface area (Å²) in [4.78, 5) is 2.56. The second-order valence-corrected chi connectivity index (χ2v) is 3.63. The molecule has 66 valence electrons. The van der Waals surface area contributed by atoms with Crippen LogP contribution in [0.1, 0.15) is 32.6 Å². The second-order valence-electron chi connectivity index (χ2n) is 3.26. The Balaban J connectivity index is 2.31. The Morgan fingerprint density at radius 3 is 2.91 bits per heavy atom. The lowest BCUT2D eigenvalue weighted by atomic mass is 10.0. The summed E-state index contributed by atoms with van der Waals surface area (Å²) in [7, 11) is 0. The molecule has 1 atom stereocenters. The van der Waals surface area contributed by atoms with Gasteiger partial charge >= 0.3 is 0 Å². The van der Waals surface area contributed by atoms with Crippen molar-refractivity contribution in [2.45, 2.75) is 38.6 Å². The van der Waals surface area contributed by atoms with E-state index in [2.05, 4.69) is 11.8 Å². The normalized spacial score (nSPS) is 27.3. The Morgan fingerprint density at radius 1 is 1.45 bits per heavy atom. The summed E-state index contributed by atoms with van der Waals surface area (Å²) in [5.74, 6) is 0.821. The van der Waals surface area contributed by atoms with E-state index in [0.29, 0.717) is 0 Å². The first-order valence-corrected chi connectivity index (χ1v) is 5.22. The van der Waals surface area contributed by atoms with Gasteiger partial charge in [-0.25, -0.2) is 0 Å². The SMILES string of the molecule is CCN1CCCCC1CCCl. The maximum atomic E-state index is 5.73. The summed E-state index contributed by atoms with van der Waals surface area (Å²) in [6, 6.07) is 0.784. The van der Waals surface area contributed by atoms with Crippen molar-refractivity contribution < 1.29 is 0 Å². The van der Waals surface area contributed by atoms with Crippen molar-refractivity contribution in [3.05, 3.63) is 0 Å². The Kier molecular flexibility index (Phi) is 4.24. The fourth-order valence-electron chi connectivity index (χ4n) is 1.93. The maximum absolute atomic E-state index is 5.73. The van der Waals surface area contributed by atoms with Gasteiger partial charge in [0.1, 0.15) is 0 Å². The van der Waals surface area contributed by atoms with E-state index in [1.165, 1.54) is 38.8 Å². The fraction of sp³-hybridized carbons (Fsp3) is 1.00. The molecule has 1 saturated heterocycles. The molecule has 0 aromatic heterocycles. The minimum atomic E-state index is 0.784. The topological polar surface area (TPSA) is 3.24 Å². The lowest BCUT2D eigenvalue weighted by Crippen LogP contribution is -2.39. The van der Waals surface area contributed by atoms with Crippen molar-refractivity contribution in [1.29, 1.82) is 0 Å². The predicted molar refractivity (Wildman–Crippen MR) is 50.2 cm³/mol. The average molecular weight is 176 g/mol. The quantitative estimate of drug-likeness (QED) is 0.596. The molecule has 0 saturated carbocycles. The second kappa shape index (κ2) is 5.00. The number of alkyl halides is 1. The zero-order valence-electron chi connectivity index (χ0n) is 7.35. The highest BCUT2D eigenvalue weighted by Crippen LogP contribution is 2.19. The van der Waals surface area contributed by atoms with Gasteiger partial charge in [-0.1, -0.05) is 13.3 Å². The highest BCUT2D eigenvalue weighted by atomic mass is 35.5. The van der Waals surface area contributed by atoms with Gasteiger partial charge in [-0.05, 0) is 32.4 Å². The van der Waals surface area contributed by atoms with E-state index >= 15 is 0 Å². The number of nitrogens with zero attached hydrogens (tertiary/aromatic N) is 1. The minimum Gasteiger partial charge on any atom is -0.301 e. The molecule has 0 aromatic rings. The number of likely N-dealkylation sites (tertiary alicyclic amines) is 1. The maximum Gasteiger partial charge on any atom is 0.0238 e. The summed E-state index contributed by atoms with van der Waals surface area (Å²) < 4.78 is 0. The van der Waals surface area contributed by atoms with Crippen LogP contribution < -0.4 is 0 Å². The lowest BCUT2D eigenvalue weighted by molar-refractivity contribution is 0.153. The van der Waals surface area contributed by atoms with E-state index in [-0.39, 0.29) is 0 Å². The molecule has 0 bridgehead atoms.